The number of aliphatic hydroxyl groups excluding tert-OH is 1. The smallest absolute Gasteiger partial charge is 0.0805 e. The van der Waals surface area contributed by atoms with E-state index in [1.165, 1.54) is 0 Å². The van der Waals surface area contributed by atoms with Crippen LogP contribution in [0.2, 0.25) is 0 Å². The molecule has 1 saturated heterocycles. The predicted molar refractivity (Wildman–Crippen MR) is 94.8 cm³/mol. The van der Waals surface area contributed by atoms with Gasteiger partial charge in [-0.15, -0.1) is 0 Å². The number of rotatable bonds is 5. The molecule has 1 aliphatic carbocycles. The summed E-state index contributed by atoms with van der Waals surface area (Å²) < 4.78 is 5.65. The molecule has 1 heterocycles. The van der Waals surface area contributed by atoms with Gasteiger partial charge < -0.3 is 14.9 Å². The zero-order chi connectivity index (χ0) is 17.0. The fourth-order valence-electron chi connectivity index (χ4n) is 4.02. The van der Waals surface area contributed by atoms with Crippen LogP contribution in [0, 0.1) is 5.92 Å². The zero-order valence-electron chi connectivity index (χ0n) is 14.7. The summed E-state index contributed by atoms with van der Waals surface area (Å²) >= 11 is 0. The van der Waals surface area contributed by atoms with Crippen LogP contribution in [0.5, 0.6) is 0 Å². The molecule has 0 spiro atoms. The summed E-state index contributed by atoms with van der Waals surface area (Å²) in [6.07, 6.45) is 4.16. The molecule has 2 fully saturated rings. The van der Waals surface area contributed by atoms with Gasteiger partial charge in [0.15, 0.2) is 0 Å². The van der Waals surface area contributed by atoms with E-state index >= 15 is 0 Å². The van der Waals surface area contributed by atoms with Gasteiger partial charge in [0, 0.05) is 19.1 Å². The molecule has 4 nitrogen and oxygen atoms in total. The molecule has 2 unspecified atom stereocenters. The molecule has 0 bridgehead atoms. The van der Waals surface area contributed by atoms with E-state index < -0.39 is 11.7 Å². The van der Waals surface area contributed by atoms with E-state index in [-0.39, 0.29) is 6.04 Å². The third kappa shape index (κ3) is 4.57. The van der Waals surface area contributed by atoms with Gasteiger partial charge in [0.05, 0.1) is 24.9 Å². The van der Waals surface area contributed by atoms with Gasteiger partial charge in [-0.05, 0) is 43.6 Å². The largest absolute Gasteiger partial charge is 0.389 e. The fourth-order valence-corrected chi connectivity index (χ4v) is 4.02. The van der Waals surface area contributed by atoms with E-state index in [0.29, 0.717) is 26.2 Å². The van der Waals surface area contributed by atoms with E-state index in [1.807, 2.05) is 30.3 Å². The SMILES string of the molecule is CC1CCC(O)(CN2CCOCC2CC(O)c2ccccc2)CC1. The minimum atomic E-state index is -0.570. The van der Waals surface area contributed by atoms with Gasteiger partial charge in [0.2, 0.25) is 0 Å². The number of β-amino-alcohol motifs (C(OH)–C–C–N with tert-alkyl or cyclic N) is 1. The second kappa shape index (κ2) is 7.96. The highest BCUT2D eigenvalue weighted by molar-refractivity contribution is 5.17. The van der Waals surface area contributed by atoms with Crippen molar-refractivity contribution < 1.29 is 14.9 Å². The minimum Gasteiger partial charge on any atom is -0.389 e. The normalized spacial score (nSPS) is 33.3. The average Bonchev–Trinajstić information content (AvgIpc) is 2.60. The maximum Gasteiger partial charge on any atom is 0.0805 e. The van der Waals surface area contributed by atoms with Crippen LogP contribution in [0.15, 0.2) is 30.3 Å². The second-order valence-corrected chi connectivity index (χ2v) is 7.77. The van der Waals surface area contributed by atoms with Crippen LogP contribution in [0.25, 0.3) is 0 Å². The first-order valence-corrected chi connectivity index (χ1v) is 9.33. The number of nitrogens with zero attached hydrogens (tertiary/aromatic N) is 1. The minimum absolute atomic E-state index is 0.164. The van der Waals surface area contributed by atoms with Crippen LogP contribution >= 0.6 is 0 Å². The van der Waals surface area contributed by atoms with Gasteiger partial charge in [-0.2, -0.15) is 0 Å². The quantitative estimate of drug-likeness (QED) is 0.870. The number of morpholine rings is 1. The first-order valence-electron chi connectivity index (χ1n) is 9.33. The van der Waals surface area contributed by atoms with Crippen LogP contribution in [0.4, 0.5) is 0 Å². The Morgan fingerprint density at radius 3 is 2.67 bits per heavy atom. The monoisotopic (exact) mass is 333 g/mol. The fraction of sp³-hybridized carbons (Fsp3) is 0.700. The number of hydrogen-bond donors (Lipinski definition) is 2. The van der Waals surface area contributed by atoms with Gasteiger partial charge in [0.1, 0.15) is 0 Å². The third-order valence-electron chi connectivity index (χ3n) is 5.73. The Bertz CT molecular complexity index is 499. The lowest BCUT2D eigenvalue weighted by Gasteiger charge is -2.43. The van der Waals surface area contributed by atoms with Crippen molar-refractivity contribution in [2.75, 3.05) is 26.3 Å². The van der Waals surface area contributed by atoms with E-state index in [9.17, 15) is 10.2 Å². The molecule has 2 aliphatic rings. The topological polar surface area (TPSA) is 52.9 Å². The highest BCUT2D eigenvalue weighted by Crippen LogP contribution is 2.34. The lowest BCUT2D eigenvalue weighted by atomic mass is 9.79. The highest BCUT2D eigenvalue weighted by Gasteiger charge is 2.36. The summed E-state index contributed by atoms with van der Waals surface area (Å²) in [7, 11) is 0. The summed E-state index contributed by atoms with van der Waals surface area (Å²) in [4.78, 5) is 2.34. The van der Waals surface area contributed by atoms with Crippen molar-refractivity contribution in [3.05, 3.63) is 35.9 Å². The molecule has 1 aromatic rings. The molecule has 0 radical (unpaired) electrons. The molecule has 1 saturated carbocycles. The van der Waals surface area contributed by atoms with Gasteiger partial charge in [-0.3, -0.25) is 4.90 Å². The van der Waals surface area contributed by atoms with Crippen LogP contribution < -0.4 is 0 Å². The molecule has 3 rings (SSSR count). The van der Waals surface area contributed by atoms with Crippen molar-refractivity contribution in [1.29, 1.82) is 0 Å². The molecular weight excluding hydrogens is 302 g/mol. The Morgan fingerprint density at radius 2 is 1.96 bits per heavy atom. The summed E-state index contributed by atoms with van der Waals surface area (Å²) in [6.45, 7) is 5.16. The number of aliphatic hydroxyl groups is 2. The van der Waals surface area contributed by atoms with Crippen molar-refractivity contribution in [1.82, 2.24) is 4.90 Å². The molecule has 0 amide bonds. The van der Waals surface area contributed by atoms with Gasteiger partial charge in [0.25, 0.3) is 0 Å². The number of hydrogen-bond acceptors (Lipinski definition) is 4. The van der Waals surface area contributed by atoms with Crippen molar-refractivity contribution in [2.24, 2.45) is 5.92 Å². The Morgan fingerprint density at radius 1 is 1.25 bits per heavy atom. The summed E-state index contributed by atoms with van der Waals surface area (Å²) in [5, 5.41) is 21.5. The lowest BCUT2D eigenvalue weighted by Crippen LogP contribution is -2.53. The maximum absolute atomic E-state index is 11.0. The molecular formula is C20H31NO3. The Labute approximate surface area is 145 Å². The summed E-state index contributed by atoms with van der Waals surface area (Å²) in [6, 6.07) is 9.98. The van der Waals surface area contributed by atoms with Gasteiger partial charge >= 0.3 is 0 Å². The maximum atomic E-state index is 11.0. The van der Waals surface area contributed by atoms with E-state index in [2.05, 4.69) is 11.8 Å². The third-order valence-corrected chi connectivity index (χ3v) is 5.73. The molecule has 24 heavy (non-hydrogen) atoms. The molecule has 1 aromatic carbocycles. The van der Waals surface area contributed by atoms with Crippen molar-refractivity contribution in [3.63, 3.8) is 0 Å². The van der Waals surface area contributed by atoms with E-state index in [0.717, 1.165) is 43.7 Å². The number of ether oxygens (including phenoxy) is 1. The van der Waals surface area contributed by atoms with Crippen LogP contribution in [-0.2, 0) is 4.74 Å². The lowest BCUT2D eigenvalue weighted by molar-refractivity contribution is -0.0854. The highest BCUT2D eigenvalue weighted by atomic mass is 16.5. The van der Waals surface area contributed by atoms with E-state index in [1.54, 1.807) is 0 Å². The van der Waals surface area contributed by atoms with Crippen molar-refractivity contribution in [2.45, 2.75) is 56.8 Å². The summed E-state index contributed by atoms with van der Waals surface area (Å²) in [5.41, 5.74) is 0.382. The second-order valence-electron chi connectivity index (χ2n) is 7.77. The van der Waals surface area contributed by atoms with Gasteiger partial charge in [-0.25, -0.2) is 0 Å². The van der Waals surface area contributed by atoms with E-state index in [4.69, 9.17) is 4.74 Å². The van der Waals surface area contributed by atoms with Gasteiger partial charge in [-0.1, -0.05) is 37.3 Å². The van der Waals surface area contributed by atoms with Crippen LogP contribution in [0.1, 0.15) is 50.7 Å². The summed E-state index contributed by atoms with van der Waals surface area (Å²) in [5.74, 6) is 0.727. The molecule has 1 aliphatic heterocycles. The van der Waals surface area contributed by atoms with Crippen molar-refractivity contribution >= 4 is 0 Å². The molecule has 0 aromatic heterocycles. The molecule has 2 N–H and O–H groups in total. The molecule has 134 valence electrons. The first kappa shape index (κ1) is 17.9. The predicted octanol–water partition coefficient (Wildman–Crippen LogP) is 2.75. The van der Waals surface area contributed by atoms with Crippen LogP contribution in [-0.4, -0.2) is 53.1 Å². The first-order chi connectivity index (χ1) is 11.6. The zero-order valence-corrected chi connectivity index (χ0v) is 14.7. The molecule has 2 atom stereocenters. The Balaban J connectivity index is 1.61. The molecule has 4 heteroatoms. The number of benzene rings is 1. The van der Waals surface area contributed by atoms with Crippen LogP contribution in [0.3, 0.4) is 0 Å². The Kier molecular flexibility index (Phi) is 5.93. The standard InChI is InChI=1S/C20H31NO3/c1-16-7-9-20(23,10-8-16)15-21-11-12-24-14-18(21)13-19(22)17-5-3-2-4-6-17/h2-6,16,18-19,22-23H,7-15H2,1H3. The van der Waals surface area contributed by atoms with Crippen molar-refractivity contribution in [3.8, 4) is 0 Å². The average molecular weight is 333 g/mol. The Hall–Kier alpha value is -0.940.